The van der Waals surface area contributed by atoms with E-state index in [2.05, 4.69) is 24.3 Å². The fourth-order valence-corrected chi connectivity index (χ4v) is 4.45. The smallest absolute Gasteiger partial charge is 0.332 e. The fourth-order valence-electron chi connectivity index (χ4n) is 4.21. The molecule has 0 amide bonds. The average Bonchev–Trinajstić information content (AvgIpc) is 3.36. The van der Waals surface area contributed by atoms with Gasteiger partial charge in [-0.1, -0.05) is 41.4 Å². The van der Waals surface area contributed by atoms with Gasteiger partial charge in [-0.2, -0.15) is 4.98 Å². The summed E-state index contributed by atoms with van der Waals surface area (Å²) in [5, 5.41) is 0.503. The van der Waals surface area contributed by atoms with Crippen LogP contribution in [-0.4, -0.2) is 29.7 Å². The monoisotopic (exact) mass is 477 g/mol. The van der Waals surface area contributed by atoms with Crippen LogP contribution in [0, 0.1) is 6.92 Å². The highest BCUT2D eigenvalue weighted by atomic mass is 35.5. The van der Waals surface area contributed by atoms with Crippen molar-refractivity contribution in [1.82, 2.24) is 23.1 Å². The Morgan fingerprint density at radius 1 is 1.03 bits per heavy atom. The summed E-state index contributed by atoms with van der Waals surface area (Å²) >= 11 is 6.49. The van der Waals surface area contributed by atoms with Crippen LogP contribution in [0.25, 0.3) is 28.2 Å². The van der Waals surface area contributed by atoms with Crippen LogP contribution in [0.15, 0.2) is 58.3 Å². The van der Waals surface area contributed by atoms with Crippen molar-refractivity contribution >= 4 is 28.5 Å². The zero-order valence-corrected chi connectivity index (χ0v) is 20.1. The van der Waals surface area contributed by atoms with E-state index in [4.69, 9.17) is 21.3 Å². The number of aromatic nitrogens is 5. The molecule has 34 heavy (non-hydrogen) atoms. The largest absolute Gasteiger partial charge is 0.492 e. The molecule has 5 rings (SSSR count). The Bertz CT molecular complexity index is 1670. The molecule has 0 unspecified atom stereocenters. The molecule has 0 saturated heterocycles. The zero-order valence-electron chi connectivity index (χ0n) is 19.4. The van der Waals surface area contributed by atoms with Gasteiger partial charge in [0.25, 0.3) is 5.56 Å². The van der Waals surface area contributed by atoms with Gasteiger partial charge in [0.2, 0.25) is 5.78 Å². The van der Waals surface area contributed by atoms with Crippen molar-refractivity contribution in [2.45, 2.75) is 20.4 Å². The number of fused-ring (bicyclic) bond motifs is 3. The van der Waals surface area contributed by atoms with Crippen LogP contribution in [0.3, 0.4) is 0 Å². The molecule has 9 heteroatoms. The van der Waals surface area contributed by atoms with Gasteiger partial charge in [0, 0.05) is 25.9 Å². The molecule has 0 radical (unpaired) electrons. The minimum Gasteiger partial charge on any atom is -0.492 e. The molecule has 174 valence electrons. The molecule has 2 aromatic carbocycles. The predicted molar refractivity (Wildman–Crippen MR) is 133 cm³/mol. The summed E-state index contributed by atoms with van der Waals surface area (Å²) in [6, 6.07) is 13.9. The Morgan fingerprint density at radius 3 is 2.44 bits per heavy atom. The Morgan fingerprint density at radius 2 is 1.76 bits per heavy atom. The van der Waals surface area contributed by atoms with Gasteiger partial charge >= 0.3 is 5.69 Å². The van der Waals surface area contributed by atoms with E-state index in [0.29, 0.717) is 40.9 Å². The van der Waals surface area contributed by atoms with Gasteiger partial charge in [-0.25, -0.2) is 4.79 Å². The van der Waals surface area contributed by atoms with Crippen molar-refractivity contribution in [3.63, 3.8) is 0 Å². The molecule has 0 fully saturated rings. The molecule has 8 nitrogen and oxygen atoms in total. The van der Waals surface area contributed by atoms with Gasteiger partial charge in [-0.15, -0.1) is 0 Å². The minimum atomic E-state index is -0.415. The number of nitrogens with zero attached hydrogens (tertiary/aromatic N) is 5. The Hall–Kier alpha value is -3.78. The maximum Gasteiger partial charge on any atom is 0.332 e. The molecule has 3 aromatic heterocycles. The van der Waals surface area contributed by atoms with Crippen LogP contribution in [0.2, 0.25) is 5.02 Å². The Balaban J connectivity index is 1.80. The summed E-state index contributed by atoms with van der Waals surface area (Å²) in [6.07, 6.45) is 1.87. The lowest BCUT2D eigenvalue weighted by atomic mass is 10.1. The number of rotatable bonds is 5. The summed E-state index contributed by atoms with van der Waals surface area (Å²) in [6.45, 7) is 4.99. The first-order valence-electron chi connectivity index (χ1n) is 11.0. The lowest BCUT2D eigenvalue weighted by Gasteiger charge is -2.11. The Kier molecular flexibility index (Phi) is 5.32. The normalized spacial score (nSPS) is 11.6. The highest BCUT2D eigenvalue weighted by molar-refractivity contribution is 6.32. The van der Waals surface area contributed by atoms with Crippen LogP contribution >= 0.6 is 11.6 Å². The lowest BCUT2D eigenvalue weighted by molar-refractivity contribution is 0.340. The predicted octanol–water partition coefficient (Wildman–Crippen LogP) is 3.76. The van der Waals surface area contributed by atoms with E-state index in [9.17, 15) is 9.59 Å². The van der Waals surface area contributed by atoms with Crippen molar-refractivity contribution in [3.8, 4) is 17.0 Å². The maximum absolute atomic E-state index is 13.0. The van der Waals surface area contributed by atoms with Crippen molar-refractivity contribution in [1.29, 1.82) is 0 Å². The molecule has 0 saturated carbocycles. The average molecular weight is 478 g/mol. The number of halogens is 1. The molecular weight excluding hydrogens is 454 g/mol. The summed E-state index contributed by atoms with van der Waals surface area (Å²) in [7, 11) is 3.09. The molecular formula is C25H24ClN5O3. The molecule has 0 atom stereocenters. The molecule has 0 aliphatic rings. The van der Waals surface area contributed by atoms with Gasteiger partial charge in [-0.05, 0) is 37.6 Å². The number of ether oxygens (including phenoxy) is 1. The van der Waals surface area contributed by atoms with E-state index >= 15 is 0 Å². The first-order valence-corrected chi connectivity index (χ1v) is 11.3. The number of benzene rings is 2. The number of hydrogen-bond acceptors (Lipinski definition) is 4. The quantitative estimate of drug-likeness (QED) is 0.386. The second-order valence-electron chi connectivity index (χ2n) is 8.32. The highest BCUT2D eigenvalue weighted by Gasteiger charge is 2.21. The van der Waals surface area contributed by atoms with Crippen molar-refractivity contribution < 1.29 is 4.74 Å². The highest BCUT2D eigenvalue weighted by Crippen LogP contribution is 2.32. The van der Waals surface area contributed by atoms with E-state index in [1.54, 1.807) is 11.4 Å². The third-order valence-corrected chi connectivity index (χ3v) is 6.34. The number of hydrogen-bond donors (Lipinski definition) is 0. The standard InChI is InChI=1S/C25H24ClN5O3/c1-5-34-20-11-10-17(12-18(20)26)19-14-31-21-22(28(3)25(33)29(4)23(21)32)27-24(31)30(19)13-16-8-6-15(2)7-9-16/h6-12,14H,5,13H2,1-4H3. The van der Waals surface area contributed by atoms with Gasteiger partial charge < -0.3 is 9.30 Å². The van der Waals surface area contributed by atoms with Gasteiger partial charge in [0.1, 0.15) is 5.75 Å². The number of aryl methyl sites for hydroxylation is 2. The third kappa shape index (κ3) is 3.42. The number of imidazole rings is 2. The van der Waals surface area contributed by atoms with E-state index in [-0.39, 0.29) is 0 Å². The topological polar surface area (TPSA) is 75.5 Å². The maximum atomic E-state index is 13.0. The summed E-state index contributed by atoms with van der Waals surface area (Å²) < 4.78 is 11.9. The Labute approximate surface area is 200 Å². The molecule has 0 spiro atoms. The van der Waals surface area contributed by atoms with E-state index in [1.165, 1.54) is 17.2 Å². The first kappa shape index (κ1) is 22.0. The molecule has 0 aliphatic carbocycles. The second-order valence-corrected chi connectivity index (χ2v) is 8.73. The van der Waals surface area contributed by atoms with Crippen molar-refractivity contribution in [3.05, 3.63) is 85.6 Å². The molecule has 0 aliphatic heterocycles. The fraction of sp³-hybridized carbons (Fsp3) is 0.240. The van der Waals surface area contributed by atoms with Gasteiger partial charge in [0.05, 0.1) is 23.9 Å². The van der Waals surface area contributed by atoms with Crippen molar-refractivity contribution in [2.24, 2.45) is 14.1 Å². The first-order chi connectivity index (χ1) is 16.3. The molecule has 5 aromatic rings. The lowest BCUT2D eigenvalue weighted by Crippen LogP contribution is -2.37. The van der Waals surface area contributed by atoms with Gasteiger partial charge in [0.15, 0.2) is 11.2 Å². The van der Waals surface area contributed by atoms with Crippen LogP contribution < -0.4 is 16.0 Å². The summed E-state index contributed by atoms with van der Waals surface area (Å²) in [5.74, 6) is 1.18. The second kappa shape index (κ2) is 8.22. The van der Waals surface area contributed by atoms with E-state index in [0.717, 1.165) is 21.4 Å². The van der Waals surface area contributed by atoms with Gasteiger partial charge in [-0.3, -0.25) is 18.3 Å². The molecule has 0 N–H and O–H groups in total. The van der Waals surface area contributed by atoms with E-state index < -0.39 is 11.2 Å². The van der Waals surface area contributed by atoms with Crippen LogP contribution in [-0.2, 0) is 20.6 Å². The van der Waals surface area contributed by atoms with Crippen LogP contribution in [0.1, 0.15) is 18.1 Å². The zero-order chi connectivity index (χ0) is 24.1. The van der Waals surface area contributed by atoms with Crippen molar-refractivity contribution in [2.75, 3.05) is 6.61 Å². The SMILES string of the molecule is CCOc1ccc(-c2cn3c4c(=O)n(C)c(=O)n(C)c4nc3n2Cc2ccc(C)cc2)cc1Cl. The van der Waals surface area contributed by atoms with Crippen LogP contribution in [0.4, 0.5) is 0 Å². The summed E-state index contributed by atoms with van der Waals surface area (Å²) in [5.41, 5.74) is 3.83. The summed E-state index contributed by atoms with van der Waals surface area (Å²) in [4.78, 5) is 30.2. The minimum absolute atomic E-state index is 0.344. The molecule has 0 bridgehead atoms. The third-order valence-electron chi connectivity index (χ3n) is 6.05. The van der Waals surface area contributed by atoms with E-state index in [1.807, 2.05) is 42.8 Å². The van der Waals surface area contributed by atoms with Crippen LogP contribution in [0.5, 0.6) is 5.75 Å². The molecule has 3 heterocycles.